The summed E-state index contributed by atoms with van der Waals surface area (Å²) in [5, 5.41) is 11.0. The summed E-state index contributed by atoms with van der Waals surface area (Å²) >= 11 is 1.48. The van der Waals surface area contributed by atoms with E-state index >= 15 is 0 Å². The normalized spacial score (nSPS) is 12.4. The molecule has 1 rings (SSSR count). The van der Waals surface area contributed by atoms with Crippen molar-refractivity contribution in [2.24, 2.45) is 5.73 Å². The zero-order valence-corrected chi connectivity index (χ0v) is 6.14. The van der Waals surface area contributed by atoms with Gasteiger partial charge in [0, 0.05) is 11.6 Å². The summed E-state index contributed by atoms with van der Waals surface area (Å²) in [6.45, 7) is 0. The first kappa shape index (κ1) is 7.19. The van der Waals surface area contributed by atoms with E-state index in [1.807, 2.05) is 11.4 Å². The Morgan fingerprint density at radius 3 is 3.20 bits per heavy atom. The van der Waals surface area contributed by atoms with Crippen LogP contribution in [0.2, 0.25) is 0 Å². The lowest BCUT2D eigenvalue weighted by atomic mass is 10.2. The van der Waals surface area contributed by atoms with Crippen LogP contribution in [-0.2, 0) is 0 Å². The Kier molecular flexibility index (Phi) is 2.37. The fraction of sp³-hybridized carbons (Fsp3) is 0.333. The van der Waals surface area contributed by atoms with Gasteiger partial charge in [-0.2, -0.15) is 5.26 Å². The standard InChI is InChI=1S/C6H7N3S/c7-2-1-5(8)6-9-3-4-10-6/h3-5H,1,8H2. The van der Waals surface area contributed by atoms with Crippen LogP contribution in [0, 0.1) is 11.3 Å². The molecular weight excluding hydrogens is 146 g/mol. The third-order valence-electron chi connectivity index (χ3n) is 1.08. The Morgan fingerprint density at radius 1 is 1.90 bits per heavy atom. The number of thiazole rings is 1. The Labute approximate surface area is 63.1 Å². The molecular formula is C6H7N3S. The van der Waals surface area contributed by atoms with Crippen molar-refractivity contribution in [1.29, 1.82) is 5.26 Å². The summed E-state index contributed by atoms with van der Waals surface area (Å²) in [5.74, 6) is 0. The molecule has 3 nitrogen and oxygen atoms in total. The molecule has 1 unspecified atom stereocenters. The van der Waals surface area contributed by atoms with E-state index in [1.54, 1.807) is 6.20 Å². The van der Waals surface area contributed by atoms with Gasteiger partial charge in [-0.25, -0.2) is 4.98 Å². The minimum Gasteiger partial charge on any atom is -0.321 e. The second-order valence-electron chi connectivity index (χ2n) is 1.84. The highest BCUT2D eigenvalue weighted by Gasteiger charge is 2.06. The molecule has 1 atom stereocenters. The van der Waals surface area contributed by atoms with Gasteiger partial charge < -0.3 is 5.73 Å². The molecule has 52 valence electrons. The molecule has 0 aromatic carbocycles. The lowest BCUT2D eigenvalue weighted by Gasteiger charge is -1.99. The number of nitrogens with two attached hydrogens (primary N) is 1. The van der Waals surface area contributed by atoms with Crippen LogP contribution in [-0.4, -0.2) is 4.98 Å². The molecule has 1 aromatic rings. The molecule has 0 fully saturated rings. The summed E-state index contributed by atoms with van der Waals surface area (Å²) in [6.07, 6.45) is 2.03. The van der Waals surface area contributed by atoms with Gasteiger partial charge in [0.2, 0.25) is 0 Å². The number of rotatable bonds is 2. The maximum Gasteiger partial charge on any atom is 0.110 e. The highest BCUT2D eigenvalue weighted by atomic mass is 32.1. The zero-order valence-electron chi connectivity index (χ0n) is 5.32. The van der Waals surface area contributed by atoms with Crippen LogP contribution in [0.4, 0.5) is 0 Å². The third kappa shape index (κ3) is 1.53. The molecule has 0 bridgehead atoms. The number of hydrogen-bond acceptors (Lipinski definition) is 4. The molecule has 0 aliphatic rings. The van der Waals surface area contributed by atoms with Gasteiger partial charge in [0.15, 0.2) is 0 Å². The summed E-state index contributed by atoms with van der Waals surface area (Å²) < 4.78 is 0. The molecule has 4 heteroatoms. The lowest BCUT2D eigenvalue weighted by Crippen LogP contribution is -2.08. The Balaban J connectivity index is 2.61. The van der Waals surface area contributed by atoms with E-state index in [0.717, 1.165) is 5.01 Å². The van der Waals surface area contributed by atoms with Crippen molar-refractivity contribution in [2.45, 2.75) is 12.5 Å². The minimum atomic E-state index is -0.204. The topological polar surface area (TPSA) is 62.7 Å². The molecule has 1 heterocycles. The van der Waals surface area contributed by atoms with Gasteiger partial charge in [-0.15, -0.1) is 11.3 Å². The summed E-state index contributed by atoms with van der Waals surface area (Å²) in [4.78, 5) is 3.98. The van der Waals surface area contributed by atoms with E-state index in [2.05, 4.69) is 4.98 Å². The van der Waals surface area contributed by atoms with Crippen LogP contribution < -0.4 is 5.73 Å². The van der Waals surface area contributed by atoms with Gasteiger partial charge in [0.25, 0.3) is 0 Å². The van der Waals surface area contributed by atoms with Gasteiger partial charge >= 0.3 is 0 Å². The number of hydrogen-bond donors (Lipinski definition) is 1. The van der Waals surface area contributed by atoms with Crippen molar-refractivity contribution in [1.82, 2.24) is 4.98 Å². The van der Waals surface area contributed by atoms with Gasteiger partial charge in [0.1, 0.15) is 5.01 Å². The smallest absolute Gasteiger partial charge is 0.110 e. The summed E-state index contributed by atoms with van der Waals surface area (Å²) in [6, 6.07) is 1.79. The largest absolute Gasteiger partial charge is 0.321 e. The fourth-order valence-corrected chi connectivity index (χ4v) is 1.24. The van der Waals surface area contributed by atoms with E-state index in [-0.39, 0.29) is 6.04 Å². The third-order valence-corrected chi connectivity index (χ3v) is 1.99. The first-order valence-corrected chi connectivity index (χ1v) is 3.74. The van der Waals surface area contributed by atoms with Crippen molar-refractivity contribution < 1.29 is 0 Å². The van der Waals surface area contributed by atoms with Crippen LogP contribution in [0.15, 0.2) is 11.6 Å². The molecule has 0 saturated heterocycles. The molecule has 2 N–H and O–H groups in total. The van der Waals surface area contributed by atoms with Gasteiger partial charge in [0.05, 0.1) is 18.5 Å². The SMILES string of the molecule is N#CCC(N)c1nccs1. The zero-order chi connectivity index (χ0) is 7.40. The second kappa shape index (κ2) is 3.30. The highest BCUT2D eigenvalue weighted by molar-refractivity contribution is 7.09. The average Bonchev–Trinajstić information content (AvgIpc) is 2.38. The molecule has 0 aliphatic heterocycles. The Morgan fingerprint density at radius 2 is 2.70 bits per heavy atom. The van der Waals surface area contributed by atoms with Crippen LogP contribution >= 0.6 is 11.3 Å². The minimum absolute atomic E-state index is 0.204. The Bertz CT molecular complexity index is 224. The lowest BCUT2D eigenvalue weighted by molar-refractivity contribution is 0.740. The van der Waals surface area contributed by atoms with Gasteiger partial charge in [-0.3, -0.25) is 0 Å². The highest BCUT2D eigenvalue weighted by Crippen LogP contribution is 2.14. The maximum absolute atomic E-state index is 8.28. The first-order chi connectivity index (χ1) is 4.84. The number of aromatic nitrogens is 1. The molecule has 1 aromatic heterocycles. The summed E-state index contributed by atoms with van der Waals surface area (Å²) in [7, 11) is 0. The van der Waals surface area contributed by atoms with Crippen molar-refractivity contribution in [3.05, 3.63) is 16.6 Å². The molecule has 0 radical (unpaired) electrons. The average molecular weight is 153 g/mol. The summed E-state index contributed by atoms with van der Waals surface area (Å²) in [5.41, 5.74) is 5.58. The van der Waals surface area contributed by atoms with E-state index in [1.165, 1.54) is 11.3 Å². The van der Waals surface area contributed by atoms with Crippen molar-refractivity contribution in [3.63, 3.8) is 0 Å². The monoisotopic (exact) mass is 153 g/mol. The number of nitriles is 1. The van der Waals surface area contributed by atoms with Crippen LogP contribution in [0.25, 0.3) is 0 Å². The fourth-order valence-electron chi connectivity index (χ4n) is 0.603. The molecule has 0 spiro atoms. The predicted molar refractivity (Wildman–Crippen MR) is 39.3 cm³/mol. The van der Waals surface area contributed by atoms with Crippen LogP contribution in [0.3, 0.4) is 0 Å². The quantitative estimate of drug-likeness (QED) is 0.690. The van der Waals surface area contributed by atoms with E-state index in [9.17, 15) is 0 Å². The molecule has 0 saturated carbocycles. The van der Waals surface area contributed by atoms with Gasteiger partial charge in [-0.1, -0.05) is 0 Å². The van der Waals surface area contributed by atoms with E-state index in [4.69, 9.17) is 11.0 Å². The molecule has 10 heavy (non-hydrogen) atoms. The number of nitrogens with zero attached hydrogens (tertiary/aromatic N) is 2. The van der Waals surface area contributed by atoms with E-state index < -0.39 is 0 Å². The maximum atomic E-state index is 8.28. The first-order valence-electron chi connectivity index (χ1n) is 2.86. The van der Waals surface area contributed by atoms with Crippen LogP contribution in [0.1, 0.15) is 17.5 Å². The molecule has 0 aliphatic carbocycles. The van der Waals surface area contributed by atoms with Crippen molar-refractivity contribution in [3.8, 4) is 6.07 Å². The predicted octanol–water partition coefficient (Wildman–Crippen LogP) is 1.06. The van der Waals surface area contributed by atoms with Crippen molar-refractivity contribution in [2.75, 3.05) is 0 Å². The van der Waals surface area contributed by atoms with Crippen molar-refractivity contribution >= 4 is 11.3 Å². The Hall–Kier alpha value is -0.920. The van der Waals surface area contributed by atoms with E-state index in [0.29, 0.717) is 6.42 Å². The molecule has 0 amide bonds. The van der Waals surface area contributed by atoms with Gasteiger partial charge in [-0.05, 0) is 0 Å². The second-order valence-corrected chi connectivity index (χ2v) is 2.77. The van der Waals surface area contributed by atoms with Crippen LogP contribution in [0.5, 0.6) is 0 Å².